The number of halogens is 2. The van der Waals surface area contributed by atoms with Crippen LogP contribution in [0.2, 0.25) is 0 Å². The van der Waals surface area contributed by atoms with E-state index >= 15 is 0 Å². The number of ether oxygens (including phenoxy) is 1. The van der Waals surface area contributed by atoms with Crippen molar-refractivity contribution in [3.63, 3.8) is 0 Å². The van der Waals surface area contributed by atoms with Gasteiger partial charge in [-0.15, -0.1) is 0 Å². The predicted octanol–water partition coefficient (Wildman–Crippen LogP) is 2.13. The Hall–Kier alpha value is -2.68. The molecule has 0 aliphatic heterocycles. The van der Waals surface area contributed by atoms with E-state index in [1.165, 1.54) is 13.0 Å². The third-order valence-corrected chi connectivity index (χ3v) is 5.19. The van der Waals surface area contributed by atoms with Gasteiger partial charge in [0.1, 0.15) is 22.6 Å². The van der Waals surface area contributed by atoms with Gasteiger partial charge in [0.15, 0.2) is 0 Å². The van der Waals surface area contributed by atoms with Gasteiger partial charge in [0.05, 0.1) is 24.2 Å². The number of primary amides is 1. The molecule has 9 heteroatoms. The molecule has 2 aromatic rings. The molecule has 1 heterocycles. The lowest BCUT2D eigenvalue weighted by Crippen LogP contribution is -2.57. The summed E-state index contributed by atoms with van der Waals surface area (Å²) in [5.74, 6) is -0.927. The molecule has 0 bridgehead atoms. The van der Waals surface area contributed by atoms with Crippen molar-refractivity contribution in [1.82, 2.24) is 5.32 Å². The van der Waals surface area contributed by atoms with Crippen LogP contribution in [0.4, 0.5) is 8.78 Å². The molecule has 1 aromatic heterocycles. The number of fused-ring (bicyclic) bond motifs is 1. The van der Waals surface area contributed by atoms with E-state index in [-0.39, 0.29) is 12.2 Å². The van der Waals surface area contributed by atoms with Gasteiger partial charge >= 0.3 is 0 Å². The molecule has 3 rings (SSSR count). The summed E-state index contributed by atoms with van der Waals surface area (Å²) in [5, 5.41) is 12.2. The second-order valence-corrected chi connectivity index (χ2v) is 7.45. The van der Waals surface area contributed by atoms with E-state index in [0.717, 1.165) is 0 Å². The summed E-state index contributed by atoms with van der Waals surface area (Å²) in [5.41, 5.74) is 3.06. The first kappa shape index (κ1) is 20.1. The molecule has 0 radical (unpaired) electrons. The topological polar surface area (TPSA) is 115 Å². The Morgan fingerprint density at radius 1 is 1.43 bits per heavy atom. The molecule has 1 saturated carbocycles. The number of hydrogen-bond acceptors (Lipinski definition) is 5. The molecule has 0 saturated heterocycles. The van der Waals surface area contributed by atoms with E-state index in [2.05, 4.69) is 5.32 Å². The van der Waals surface area contributed by atoms with Crippen molar-refractivity contribution in [3.05, 3.63) is 29.5 Å². The van der Waals surface area contributed by atoms with Gasteiger partial charge in [-0.25, -0.2) is 8.78 Å². The van der Waals surface area contributed by atoms with Crippen LogP contribution in [0.25, 0.3) is 11.0 Å². The first-order chi connectivity index (χ1) is 13.1. The van der Waals surface area contributed by atoms with Crippen LogP contribution in [-0.4, -0.2) is 42.1 Å². The van der Waals surface area contributed by atoms with Crippen molar-refractivity contribution in [1.29, 1.82) is 0 Å². The molecule has 1 aromatic carbocycles. The van der Waals surface area contributed by atoms with Crippen LogP contribution in [0.15, 0.2) is 22.6 Å². The number of aliphatic hydroxyl groups excluding tert-OH is 1. The number of nitrogens with one attached hydrogen (secondary N) is 1. The van der Waals surface area contributed by atoms with Crippen LogP contribution in [0, 0.1) is 12.3 Å². The fourth-order valence-corrected chi connectivity index (χ4v) is 2.88. The van der Waals surface area contributed by atoms with Gasteiger partial charge in [0, 0.05) is 5.39 Å². The predicted molar refractivity (Wildman–Crippen MR) is 96.3 cm³/mol. The van der Waals surface area contributed by atoms with E-state index in [0.29, 0.717) is 35.3 Å². The normalized spacial score (nSPS) is 17.4. The smallest absolute Gasteiger partial charge is 0.256 e. The highest BCUT2D eigenvalue weighted by Gasteiger charge is 2.52. The molecule has 28 heavy (non-hydrogen) atoms. The van der Waals surface area contributed by atoms with Crippen molar-refractivity contribution in [2.75, 3.05) is 13.2 Å². The Labute approximate surface area is 159 Å². The number of alkyl halides is 2. The number of carbonyl (C=O) groups excluding carboxylic acids is 2. The minimum atomic E-state index is -2.45. The van der Waals surface area contributed by atoms with Gasteiger partial charge in [-0.3, -0.25) is 9.59 Å². The van der Waals surface area contributed by atoms with Gasteiger partial charge in [0.2, 0.25) is 12.3 Å². The lowest BCUT2D eigenvalue weighted by molar-refractivity contribution is -0.124. The number of amides is 2. The quantitative estimate of drug-likeness (QED) is 0.632. The van der Waals surface area contributed by atoms with E-state index in [9.17, 15) is 23.5 Å². The lowest BCUT2D eigenvalue weighted by Gasteiger charge is -2.24. The molecule has 1 aliphatic rings. The Balaban J connectivity index is 1.87. The molecule has 1 aliphatic carbocycles. The summed E-state index contributed by atoms with van der Waals surface area (Å²) < 4.78 is 37.2. The number of furan rings is 1. The van der Waals surface area contributed by atoms with E-state index in [1.807, 2.05) is 0 Å². The zero-order valence-electron chi connectivity index (χ0n) is 15.6. The van der Waals surface area contributed by atoms with Crippen LogP contribution < -0.4 is 15.8 Å². The summed E-state index contributed by atoms with van der Waals surface area (Å²) in [4.78, 5) is 24.3. The lowest BCUT2D eigenvalue weighted by atomic mass is 10.0. The third-order valence-electron chi connectivity index (χ3n) is 5.19. The average Bonchev–Trinajstić information content (AvgIpc) is 3.36. The Morgan fingerprint density at radius 2 is 2.11 bits per heavy atom. The number of nitrogens with two attached hydrogens (primary N) is 1. The summed E-state index contributed by atoms with van der Waals surface area (Å²) in [7, 11) is 0. The van der Waals surface area contributed by atoms with Crippen molar-refractivity contribution < 1.29 is 32.6 Å². The molecular weight excluding hydrogens is 374 g/mol. The number of carbonyl (C=O) groups is 2. The number of benzene rings is 1. The standard InChI is InChI=1S/C19H22F2N2O5/c1-10-14(15(25)23-18(2,8-24)17(22)26)12-7-11(3-4-13(12)28-10)27-9-19(5-6-19)16(20)21/h3-4,7,16,24H,5-6,8-9H2,1-2H3,(H2,22,26)(H,23,25). The van der Waals surface area contributed by atoms with Gasteiger partial charge in [-0.2, -0.15) is 0 Å². The highest BCUT2D eigenvalue weighted by molar-refractivity contribution is 6.09. The number of aryl methyl sites for hydroxylation is 1. The Bertz CT molecular complexity index is 922. The van der Waals surface area contributed by atoms with Crippen molar-refractivity contribution in [3.8, 4) is 5.75 Å². The molecule has 152 valence electrons. The fraction of sp³-hybridized carbons (Fsp3) is 0.474. The third kappa shape index (κ3) is 3.54. The molecule has 2 amide bonds. The molecule has 4 N–H and O–H groups in total. The van der Waals surface area contributed by atoms with Gasteiger partial charge in [-0.1, -0.05) is 0 Å². The zero-order valence-corrected chi connectivity index (χ0v) is 15.6. The van der Waals surface area contributed by atoms with Crippen molar-refractivity contribution in [2.45, 2.75) is 38.7 Å². The maximum atomic E-state index is 13.1. The van der Waals surface area contributed by atoms with Crippen LogP contribution >= 0.6 is 0 Å². The van der Waals surface area contributed by atoms with E-state index in [4.69, 9.17) is 14.9 Å². The van der Waals surface area contributed by atoms with Crippen LogP contribution in [0.5, 0.6) is 5.75 Å². The monoisotopic (exact) mass is 396 g/mol. The molecule has 1 atom stereocenters. The maximum Gasteiger partial charge on any atom is 0.256 e. The van der Waals surface area contributed by atoms with Crippen LogP contribution in [0.3, 0.4) is 0 Å². The fourth-order valence-electron chi connectivity index (χ4n) is 2.88. The maximum absolute atomic E-state index is 13.1. The van der Waals surface area contributed by atoms with E-state index < -0.39 is 35.8 Å². The first-order valence-electron chi connectivity index (χ1n) is 8.79. The molecule has 7 nitrogen and oxygen atoms in total. The number of aliphatic hydroxyl groups is 1. The van der Waals surface area contributed by atoms with Gasteiger partial charge in [-0.05, 0) is 44.9 Å². The minimum absolute atomic E-state index is 0.112. The molecule has 0 spiro atoms. The van der Waals surface area contributed by atoms with E-state index in [1.54, 1.807) is 19.1 Å². The first-order valence-corrected chi connectivity index (χ1v) is 8.79. The summed E-state index contributed by atoms with van der Waals surface area (Å²) >= 11 is 0. The van der Waals surface area contributed by atoms with Crippen molar-refractivity contribution >= 4 is 22.8 Å². The number of hydrogen-bond donors (Lipinski definition) is 3. The summed E-state index contributed by atoms with van der Waals surface area (Å²) in [6.07, 6.45) is -1.62. The Morgan fingerprint density at radius 3 is 2.64 bits per heavy atom. The second kappa shape index (κ2) is 7.05. The van der Waals surface area contributed by atoms with Gasteiger partial charge < -0.3 is 25.3 Å². The Kier molecular flexibility index (Phi) is 5.05. The zero-order chi connectivity index (χ0) is 20.7. The highest BCUT2D eigenvalue weighted by atomic mass is 19.3. The molecular formula is C19H22F2N2O5. The average molecular weight is 396 g/mol. The minimum Gasteiger partial charge on any atom is -0.493 e. The summed E-state index contributed by atoms with van der Waals surface area (Å²) in [6.45, 7) is 2.09. The summed E-state index contributed by atoms with van der Waals surface area (Å²) in [6, 6.07) is 4.69. The van der Waals surface area contributed by atoms with Crippen LogP contribution in [0.1, 0.15) is 35.9 Å². The SMILES string of the molecule is Cc1oc2ccc(OCC3(C(F)F)CC3)cc2c1C(=O)NC(C)(CO)C(N)=O. The number of rotatable bonds is 8. The largest absolute Gasteiger partial charge is 0.493 e. The van der Waals surface area contributed by atoms with Crippen LogP contribution in [-0.2, 0) is 4.79 Å². The highest BCUT2D eigenvalue weighted by Crippen LogP contribution is 2.50. The van der Waals surface area contributed by atoms with Crippen molar-refractivity contribution in [2.24, 2.45) is 11.1 Å². The molecule has 1 fully saturated rings. The molecule has 1 unspecified atom stereocenters. The second-order valence-electron chi connectivity index (χ2n) is 7.45. The van der Waals surface area contributed by atoms with Gasteiger partial charge in [0.25, 0.3) is 5.91 Å².